The van der Waals surface area contributed by atoms with Crippen molar-refractivity contribution in [2.45, 2.75) is 50.6 Å². The molecular weight excluding hydrogens is 775 g/mol. The number of rotatable bonds is 12. The Balaban J connectivity index is 0.939. The van der Waals surface area contributed by atoms with Crippen molar-refractivity contribution in [3.63, 3.8) is 0 Å². The molecule has 0 saturated carbocycles. The minimum absolute atomic E-state index is 0.00650. The summed E-state index contributed by atoms with van der Waals surface area (Å²) >= 11 is 0. The van der Waals surface area contributed by atoms with Crippen LogP contribution in [-0.2, 0) is 32.0 Å². The number of methoxy groups -OCH3 is 2. The van der Waals surface area contributed by atoms with E-state index in [4.69, 9.17) is 13.9 Å². The third-order valence-electron chi connectivity index (χ3n) is 11.6. The number of benzene rings is 4. The number of aromatic amines is 2. The number of amides is 4. The summed E-state index contributed by atoms with van der Waals surface area (Å²) in [4.78, 5) is 69.3. The molecule has 0 spiro atoms. The van der Waals surface area contributed by atoms with Crippen LogP contribution in [0.5, 0.6) is 11.5 Å². The van der Waals surface area contributed by atoms with Crippen molar-refractivity contribution in [2.24, 2.45) is 0 Å². The van der Waals surface area contributed by atoms with Crippen LogP contribution in [0, 0.1) is 0 Å². The number of oxazole rings is 1. The standard InChI is InChI=1S/C47H45N7O7/c1-59-34-15-17-38-36(23-34)30(25-50-38)21-43(55)53(46(57)40-5-3-19-48-40)32-11-7-28(8-12-32)42-27-52-45(61-42)29-9-13-33(14-10-29)54(47(58)41-6-4-20-49-41)44(56)22-31-26-51-39-18-16-35(60-2)24-37(31)39/h7-18,23-27,40-41,48-51H,3-6,19-22H2,1-2H3/t40-,41-/m0/s1. The fourth-order valence-electron chi connectivity index (χ4n) is 8.30. The van der Waals surface area contributed by atoms with Crippen LogP contribution in [-0.4, -0.2) is 78.0 Å². The molecule has 14 nitrogen and oxygen atoms in total. The van der Waals surface area contributed by atoms with Crippen LogP contribution in [0.25, 0.3) is 44.6 Å². The zero-order valence-electron chi connectivity index (χ0n) is 33.8. The largest absolute Gasteiger partial charge is 0.497 e. The van der Waals surface area contributed by atoms with E-state index in [0.717, 1.165) is 45.8 Å². The third kappa shape index (κ3) is 7.90. The molecule has 14 heteroatoms. The number of hydrogen-bond acceptors (Lipinski definition) is 10. The monoisotopic (exact) mass is 819 g/mol. The van der Waals surface area contributed by atoms with Crippen molar-refractivity contribution in [2.75, 3.05) is 37.1 Å². The highest BCUT2D eigenvalue weighted by Gasteiger charge is 2.34. The van der Waals surface area contributed by atoms with Crippen molar-refractivity contribution >= 4 is 56.8 Å². The smallest absolute Gasteiger partial charge is 0.250 e. The van der Waals surface area contributed by atoms with Crippen LogP contribution in [0.3, 0.4) is 0 Å². The Morgan fingerprint density at radius 2 is 1.13 bits per heavy atom. The summed E-state index contributed by atoms with van der Waals surface area (Å²) in [6.07, 6.45) is 8.22. The number of anilines is 2. The lowest BCUT2D eigenvalue weighted by atomic mass is 10.1. The number of fused-ring (bicyclic) bond motifs is 2. The van der Waals surface area contributed by atoms with Gasteiger partial charge in [0, 0.05) is 45.3 Å². The maximum Gasteiger partial charge on any atom is 0.250 e. The average molecular weight is 820 g/mol. The molecule has 2 fully saturated rings. The number of carbonyl (C=O) groups is 4. The number of nitrogens with zero attached hydrogens (tertiary/aromatic N) is 3. The zero-order chi connectivity index (χ0) is 42.0. The molecule has 2 aliphatic heterocycles. The summed E-state index contributed by atoms with van der Waals surface area (Å²) in [6, 6.07) is 24.4. The summed E-state index contributed by atoms with van der Waals surface area (Å²) < 4.78 is 17.0. The summed E-state index contributed by atoms with van der Waals surface area (Å²) in [5.41, 5.74) is 5.50. The SMILES string of the molecule is COc1ccc2[nH]cc(CC(=O)N(C(=O)[C@@H]3CCCN3)c3ccc(-c4cnc(-c5ccc(N(C(=O)Cc6c[nH]c7ccc(OC)cc67)C(=O)[C@@H]6CCCN6)cc5)o4)cc3)c2c1. The molecule has 9 rings (SSSR count). The number of hydrogen-bond donors (Lipinski definition) is 4. The van der Waals surface area contributed by atoms with Gasteiger partial charge in [-0.1, -0.05) is 0 Å². The normalized spacial score (nSPS) is 16.2. The minimum atomic E-state index is -0.459. The molecule has 2 aliphatic rings. The number of carbonyl (C=O) groups excluding carboxylic acids is 4. The molecule has 2 atom stereocenters. The first-order valence-corrected chi connectivity index (χ1v) is 20.4. The molecule has 310 valence electrons. The van der Waals surface area contributed by atoms with Gasteiger partial charge in [-0.15, -0.1) is 0 Å². The zero-order valence-corrected chi connectivity index (χ0v) is 33.8. The Hall–Kier alpha value is -7.03. The summed E-state index contributed by atoms with van der Waals surface area (Å²) in [7, 11) is 3.19. The molecule has 0 unspecified atom stereocenters. The van der Waals surface area contributed by atoms with E-state index in [1.54, 1.807) is 81.3 Å². The lowest BCUT2D eigenvalue weighted by Crippen LogP contribution is -2.47. The van der Waals surface area contributed by atoms with Gasteiger partial charge in [-0.3, -0.25) is 19.2 Å². The molecule has 4 amide bonds. The van der Waals surface area contributed by atoms with Gasteiger partial charge in [0.15, 0.2) is 5.76 Å². The minimum Gasteiger partial charge on any atom is -0.497 e. The third-order valence-corrected chi connectivity index (χ3v) is 11.6. The average Bonchev–Trinajstić information content (AvgIpc) is 4.15. The predicted molar refractivity (Wildman–Crippen MR) is 232 cm³/mol. The van der Waals surface area contributed by atoms with Gasteiger partial charge in [-0.05, 0) is 135 Å². The molecule has 3 aromatic heterocycles. The van der Waals surface area contributed by atoms with Crippen LogP contribution in [0.2, 0.25) is 0 Å². The molecule has 4 aromatic carbocycles. The number of nitrogens with one attached hydrogen (secondary N) is 4. The summed E-state index contributed by atoms with van der Waals surface area (Å²) in [5.74, 6) is 0.887. The Morgan fingerprint density at radius 3 is 1.57 bits per heavy atom. The van der Waals surface area contributed by atoms with Crippen LogP contribution in [0.4, 0.5) is 11.4 Å². The van der Waals surface area contributed by atoms with Gasteiger partial charge in [-0.25, -0.2) is 14.8 Å². The maximum atomic E-state index is 14.0. The first-order valence-electron chi connectivity index (χ1n) is 20.4. The molecule has 0 bridgehead atoms. The van der Waals surface area contributed by atoms with Gasteiger partial charge >= 0.3 is 0 Å². The van der Waals surface area contributed by atoms with Crippen LogP contribution in [0.15, 0.2) is 108 Å². The highest BCUT2D eigenvalue weighted by atomic mass is 16.5. The highest BCUT2D eigenvalue weighted by molar-refractivity contribution is 6.18. The number of imide groups is 2. The quantitative estimate of drug-likeness (QED) is 0.104. The highest BCUT2D eigenvalue weighted by Crippen LogP contribution is 2.32. The Labute approximate surface area is 351 Å². The molecule has 7 aromatic rings. The molecule has 5 heterocycles. The maximum absolute atomic E-state index is 14.0. The van der Waals surface area contributed by atoms with E-state index in [2.05, 4.69) is 25.6 Å². The van der Waals surface area contributed by atoms with E-state index >= 15 is 0 Å². The fourth-order valence-corrected chi connectivity index (χ4v) is 8.30. The van der Waals surface area contributed by atoms with Crippen LogP contribution >= 0.6 is 0 Å². The van der Waals surface area contributed by atoms with Gasteiger partial charge in [0.05, 0.1) is 56.7 Å². The van der Waals surface area contributed by atoms with E-state index < -0.39 is 12.1 Å². The van der Waals surface area contributed by atoms with Gasteiger partial charge in [0.1, 0.15) is 11.5 Å². The van der Waals surface area contributed by atoms with E-state index in [0.29, 0.717) is 71.6 Å². The molecule has 61 heavy (non-hydrogen) atoms. The van der Waals surface area contributed by atoms with Gasteiger partial charge < -0.3 is 34.5 Å². The molecule has 0 radical (unpaired) electrons. The Morgan fingerprint density at radius 1 is 0.656 bits per heavy atom. The first-order chi connectivity index (χ1) is 29.8. The second-order valence-electron chi connectivity index (χ2n) is 15.4. The second-order valence-corrected chi connectivity index (χ2v) is 15.4. The molecule has 0 aliphatic carbocycles. The molecule has 4 N–H and O–H groups in total. The van der Waals surface area contributed by atoms with Crippen LogP contribution in [0.1, 0.15) is 36.8 Å². The first kappa shape index (κ1) is 39.4. The Kier molecular flexibility index (Phi) is 10.9. The van der Waals surface area contributed by atoms with E-state index in [1.807, 2.05) is 36.4 Å². The van der Waals surface area contributed by atoms with Gasteiger partial charge in [0.25, 0.3) is 11.8 Å². The van der Waals surface area contributed by atoms with Crippen molar-refractivity contribution in [3.8, 4) is 34.3 Å². The van der Waals surface area contributed by atoms with Crippen molar-refractivity contribution in [1.82, 2.24) is 25.6 Å². The Bertz CT molecular complexity index is 2550. The van der Waals surface area contributed by atoms with E-state index in [-0.39, 0.29) is 36.5 Å². The lowest BCUT2D eigenvalue weighted by Gasteiger charge is -2.24. The van der Waals surface area contributed by atoms with Crippen molar-refractivity contribution in [1.29, 1.82) is 0 Å². The van der Waals surface area contributed by atoms with Crippen molar-refractivity contribution in [3.05, 3.63) is 115 Å². The predicted octanol–water partition coefficient (Wildman–Crippen LogP) is 6.70. The van der Waals surface area contributed by atoms with E-state index in [1.165, 1.54) is 9.80 Å². The second kappa shape index (κ2) is 16.9. The van der Waals surface area contributed by atoms with Crippen molar-refractivity contribution < 1.29 is 33.1 Å². The number of H-pyrrole nitrogens is 2. The molecule has 2 saturated heterocycles. The van der Waals surface area contributed by atoms with Gasteiger partial charge in [0.2, 0.25) is 17.7 Å². The lowest BCUT2D eigenvalue weighted by molar-refractivity contribution is -0.128. The van der Waals surface area contributed by atoms with Gasteiger partial charge in [-0.2, -0.15) is 0 Å². The topological polar surface area (TPSA) is 175 Å². The van der Waals surface area contributed by atoms with E-state index in [9.17, 15) is 19.2 Å². The molecular formula is C47H45N7O7. The summed E-state index contributed by atoms with van der Waals surface area (Å²) in [6.45, 7) is 1.42. The fraction of sp³-hybridized carbons (Fsp3) is 0.255. The van der Waals surface area contributed by atoms with Crippen LogP contribution < -0.4 is 29.9 Å². The number of ether oxygens (including phenoxy) is 2. The number of aromatic nitrogens is 3. The summed E-state index contributed by atoms with van der Waals surface area (Å²) in [5, 5.41) is 8.18.